The molecule has 2 heterocycles. The van der Waals surface area contributed by atoms with Gasteiger partial charge in [0.1, 0.15) is 0 Å². The molecular weight excluding hydrogens is 1100 g/mol. The molecule has 68 heavy (non-hydrogen) atoms. The smallest absolute Gasteiger partial charge is 0.231 e. The van der Waals surface area contributed by atoms with Crippen LogP contribution in [0.25, 0.3) is 9.69 Å². The third-order valence-electron chi connectivity index (χ3n) is 10.0. The molecule has 0 amide bonds. The molecular formula is C56H80Br4N8. The van der Waals surface area contributed by atoms with Crippen LogP contribution in [0, 0.1) is 41.7 Å². The van der Waals surface area contributed by atoms with Crippen LogP contribution in [0.4, 0.5) is 0 Å². The van der Waals surface area contributed by atoms with Crippen LogP contribution in [0.2, 0.25) is 0 Å². The Morgan fingerprint density at radius 3 is 1.75 bits per heavy atom. The van der Waals surface area contributed by atoms with Gasteiger partial charge in [0.25, 0.3) is 0 Å². The topological polar surface area (TPSA) is 86.8 Å². The van der Waals surface area contributed by atoms with Gasteiger partial charge in [0.2, 0.25) is 13.1 Å². The summed E-state index contributed by atoms with van der Waals surface area (Å²) in [7, 11) is 0. The third-order valence-corrected chi connectivity index (χ3v) is 12.3. The van der Waals surface area contributed by atoms with E-state index in [0.717, 1.165) is 64.2 Å². The van der Waals surface area contributed by atoms with Gasteiger partial charge >= 0.3 is 0 Å². The summed E-state index contributed by atoms with van der Waals surface area (Å²) in [5, 5.41) is 23.4. The van der Waals surface area contributed by atoms with E-state index in [1.165, 1.54) is 54.4 Å². The van der Waals surface area contributed by atoms with Gasteiger partial charge in [-0.15, -0.1) is 6.58 Å². The van der Waals surface area contributed by atoms with Crippen LogP contribution in [0.3, 0.4) is 0 Å². The van der Waals surface area contributed by atoms with Crippen molar-refractivity contribution in [3.05, 3.63) is 179 Å². The Kier molecular flexibility index (Phi) is 51.7. The molecule has 3 unspecified atom stereocenters. The number of alkyl halides is 2. The highest BCUT2D eigenvalue weighted by Gasteiger charge is 2.29. The molecule has 2 N–H and O–H groups in total. The normalized spacial score (nSPS) is 14.8. The zero-order chi connectivity index (χ0) is 48.7. The Labute approximate surface area is 446 Å². The summed E-state index contributed by atoms with van der Waals surface area (Å²) in [6.45, 7) is 31.8. The van der Waals surface area contributed by atoms with E-state index in [1.54, 1.807) is 6.08 Å². The van der Waals surface area contributed by atoms with Gasteiger partial charge in [-0.2, -0.15) is 10.5 Å². The van der Waals surface area contributed by atoms with Crippen molar-refractivity contribution in [3.63, 3.8) is 0 Å². The van der Waals surface area contributed by atoms with Crippen molar-refractivity contribution in [2.24, 2.45) is 5.92 Å². The van der Waals surface area contributed by atoms with Crippen LogP contribution in [0.15, 0.2) is 134 Å². The van der Waals surface area contributed by atoms with Crippen molar-refractivity contribution in [1.29, 1.82) is 10.5 Å². The van der Waals surface area contributed by atoms with E-state index < -0.39 is 0 Å². The molecule has 0 aliphatic carbocycles. The van der Waals surface area contributed by atoms with Crippen LogP contribution in [-0.4, -0.2) is 78.4 Å². The summed E-state index contributed by atoms with van der Waals surface area (Å²) in [6, 6.07) is 46.7. The fraction of sp³-hybridized carbons (Fsp3) is 0.464. The Balaban J connectivity index is -0.000000832. The lowest BCUT2D eigenvalue weighted by Gasteiger charge is -2.39. The van der Waals surface area contributed by atoms with Crippen molar-refractivity contribution in [1.82, 2.24) is 20.4 Å². The van der Waals surface area contributed by atoms with Gasteiger partial charge in [0.15, 0.2) is 0 Å². The minimum atomic E-state index is 0. The molecule has 0 radical (unpaired) electrons. The number of nitrogens with zero attached hydrogens (tertiary/aromatic N) is 6. The van der Waals surface area contributed by atoms with Crippen molar-refractivity contribution in [2.45, 2.75) is 104 Å². The predicted octanol–water partition coefficient (Wildman–Crippen LogP) is 15.1. The molecule has 12 heteroatoms. The minimum Gasteiger partial charge on any atom is -0.317 e. The van der Waals surface area contributed by atoms with Crippen LogP contribution < -0.4 is 10.6 Å². The molecule has 0 spiro atoms. The second kappa shape index (κ2) is 51.2. The van der Waals surface area contributed by atoms with Gasteiger partial charge < -0.3 is 20.3 Å². The van der Waals surface area contributed by atoms with Crippen LogP contribution in [-0.2, 0) is 26.1 Å². The van der Waals surface area contributed by atoms with E-state index in [-0.39, 0.29) is 14.9 Å². The molecule has 2 fully saturated rings. The van der Waals surface area contributed by atoms with Gasteiger partial charge in [-0.25, -0.2) is 13.1 Å². The van der Waals surface area contributed by atoms with Crippen LogP contribution >= 0.6 is 60.1 Å². The number of aryl methyl sites for hydroxylation is 1. The maximum atomic E-state index is 8.07. The first-order valence-electron chi connectivity index (χ1n) is 22.8. The number of hydrogen-bond acceptors (Lipinski definition) is 6. The maximum absolute atomic E-state index is 8.07. The van der Waals surface area contributed by atoms with Crippen molar-refractivity contribution in [2.75, 3.05) is 57.7 Å². The molecule has 0 bridgehead atoms. The Bertz CT molecular complexity index is 1810. The highest BCUT2D eigenvalue weighted by atomic mass is 80.9. The lowest BCUT2D eigenvalue weighted by molar-refractivity contribution is 0.0718. The minimum absolute atomic E-state index is 0. The number of hydrogen-bond donors (Lipinski definition) is 2. The Morgan fingerprint density at radius 1 is 0.779 bits per heavy atom. The van der Waals surface area contributed by atoms with E-state index in [0.29, 0.717) is 42.7 Å². The lowest BCUT2D eigenvalue weighted by Crippen LogP contribution is -2.53. The van der Waals surface area contributed by atoms with Gasteiger partial charge in [0.05, 0.1) is 24.6 Å². The molecule has 8 nitrogen and oxygen atoms in total. The van der Waals surface area contributed by atoms with Crippen LogP contribution in [0.5, 0.6) is 0 Å². The molecule has 6 rings (SSSR count). The average molecular weight is 1180 g/mol. The fourth-order valence-electron chi connectivity index (χ4n) is 6.73. The van der Waals surface area contributed by atoms with E-state index in [1.807, 2.05) is 26.0 Å². The molecule has 2 aliphatic rings. The highest BCUT2D eigenvalue weighted by molar-refractivity contribution is 9.93. The monoisotopic (exact) mass is 1180 g/mol. The first-order chi connectivity index (χ1) is 32.5. The number of nitrogens with one attached hydrogen (secondary N) is 2. The number of rotatable bonds is 16. The van der Waals surface area contributed by atoms with Crippen molar-refractivity contribution < 1.29 is 0 Å². The number of piperidine rings is 1. The molecule has 4 aromatic carbocycles. The molecule has 372 valence electrons. The summed E-state index contributed by atoms with van der Waals surface area (Å²) in [5.41, 5.74) is 5.49. The third kappa shape index (κ3) is 37.3. The summed E-state index contributed by atoms with van der Waals surface area (Å²) in [6.07, 6.45) is 8.78. The number of unbranched alkanes of at least 4 members (excludes halogenated alkanes) is 1. The van der Waals surface area contributed by atoms with Crippen molar-refractivity contribution in [3.8, 4) is 12.1 Å². The second-order valence-electron chi connectivity index (χ2n) is 15.1. The van der Waals surface area contributed by atoms with E-state index in [2.05, 4.69) is 218 Å². The average Bonchev–Trinajstić information content (AvgIpc) is 3.37. The predicted molar refractivity (Wildman–Crippen MR) is 308 cm³/mol. The first-order valence-corrected chi connectivity index (χ1v) is 28.6. The van der Waals surface area contributed by atoms with Crippen molar-refractivity contribution >= 4 is 60.1 Å². The highest BCUT2D eigenvalue weighted by Crippen LogP contribution is 2.17. The quantitative estimate of drug-likeness (QED) is 0.0503. The van der Waals surface area contributed by atoms with Gasteiger partial charge in [-0.1, -0.05) is 188 Å². The fourth-order valence-corrected chi connectivity index (χ4v) is 7.10. The summed E-state index contributed by atoms with van der Waals surface area (Å²) in [5.74, 6) is 0.635. The number of piperazine rings is 1. The number of nitriles is 2. The Morgan fingerprint density at radius 2 is 1.31 bits per heavy atom. The lowest BCUT2D eigenvalue weighted by atomic mass is 10.0. The molecule has 2 saturated heterocycles. The first kappa shape index (κ1) is 68.6. The van der Waals surface area contributed by atoms with Gasteiger partial charge in [-0.05, 0) is 67.4 Å². The zero-order valence-electron chi connectivity index (χ0n) is 39.2. The SMILES string of the molecule is BrBr.C.C.C=CCC#N.CC.N#CCC(Br)CBr.[C-]#[N+]CC1CCCNC1.[C-]#[N+]CC1CN(Cc2ccccc2)CCN1Cc1ccccc1.c1ccc(CCCCNCc2ccccc2)cc1. The largest absolute Gasteiger partial charge is 0.317 e. The van der Waals surface area contributed by atoms with E-state index in [9.17, 15) is 0 Å². The number of halogens is 4. The second-order valence-corrected chi connectivity index (χ2v) is 17.0. The molecule has 2 aliphatic heterocycles. The van der Waals surface area contributed by atoms with E-state index >= 15 is 0 Å². The zero-order valence-corrected chi connectivity index (χ0v) is 45.5. The molecule has 3 atom stereocenters. The molecule has 0 aromatic heterocycles. The maximum Gasteiger partial charge on any atom is 0.231 e. The van der Waals surface area contributed by atoms with Crippen LogP contribution in [0.1, 0.15) is 89.5 Å². The Hall–Kier alpha value is -3.66. The standard InChI is InChI=1S/C20H23N3.C17H21N.C7H12N2.C4H5Br2N.C4H5N.C2H6.2CH4.Br2/c1-21-14-20-17-22(15-18-8-4-2-5-9-18)12-13-23(20)16-19-10-6-3-7-11-19;1-3-9-16(10-4-1)11-7-8-14-18-15-17-12-5-2-6-13-17;1-8-5-7-3-2-4-9-6-7;5-3-4(6)1-2-7;1-2-3-4-5;1-2;;;1-2/h2-11,20H,12-17H2;1-6,9-10,12-13,18H,7-8,11,14-15H2;7,9H,2-6H2;4H,1,3H2;2H,1,3H2;1-2H3;2*1H4;. The number of benzene rings is 4. The summed E-state index contributed by atoms with van der Waals surface area (Å²) >= 11 is 12.0. The summed E-state index contributed by atoms with van der Waals surface area (Å²) < 4.78 is 0. The summed E-state index contributed by atoms with van der Waals surface area (Å²) in [4.78, 5) is 12.3. The van der Waals surface area contributed by atoms with Gasteiger partial charge in [0, 0.05) is 96.6 Å². The molecule has 4 aromatic rings. The van der Waals surface area contributed by atoms with E-state index in [4.69, 9.17) is 23.7 Å². The number of allylic oxidation sites excluding steroid dienone is 1. The van der Waals surface area contributed by atoms with Gasteiger partial charge in [-0.3, -0.25) is 9.80 Å². The molecule has 0 saturated carbocycles.